The molecule has 1 aromatic heterocycles. The molecule has 0 aliphatic heterocycles. The van der Waals surface area contributed by atoms with Crippen molar-refractivity contribution < 1.29 is 9.59 Å². The van der Waals surface area contributed by atoms with Crippen molar-refractivity contribution in [2.24, 2.45) is 5.41 Å². The summed E-state index contributed by atoms with van der Waals surface area (Å²) in [4.78, 5) is 29.9. The lowest BCUT2D eigenvalue weighted by atomic mass is 9.89. The van der Waals surface area contributed by atoms with Crippen LogP contribution in [0.25, 0.3) is 10.9 Å². The molecule has 0 amide bonds. The van der Waals surface area contributed by atoms with Gasteiger partial charge in [0.2, 0.25) is 0 Å². The van der Waals surface area contributed by atoms with Gasteiger partial charge in [0.25, 0.3) is 0 Å². The van der Waals surface area contributed by atoms with Gasteiger partial charge in [-0.2, -0.15) is 0 Å². The fourth-order valence-electron chi connectivity index (χ4n) is 2.53. The molecule has 2 rings (SSSR count). The van der Waals surface area contributed by atoms with Crippen molar-refractivity contribution in [1.29, 1.82) is 0 Å². The van der Waals surface area contributed by atoms with Crippen molar-refractivity contribution in [2.75, 3.05) is 20.6 Å². The molecule has 23 heavy (non-hydrogen) atoms. The Hall–Kier alpha value is -1.94. The van der Waals surface area contributed by atoms with E-state index in [0.29, 0.717) is 17.7 Å². The van der Waals surface area contributed by atoms with Crippen molar-refractivity contribution in [2.45, 2.75) is 33.6 Å². The van der Waals surface area contributed by atoms with Crippen LogP contribution in [0.5, 0.6) is 0 Å². The summed E-state index contributed by atoms with van der Waals surface area (Å²) in [5, 5.41) is 0.913. The van der Waals surface area contributed by atoms with E-state index in [0.717, 1.165) is 23.9 Å². The molecule has 0 aliphatic rings. The molecule has 4 nitrogen and oxygen atoms in total. The largest absolute Gasteiger partial charge is 0.352 e. The summed E-state index contributed by atoms with van der Waals surface area (Å²) in [5.41, 5.74) is 1.78. The van der Waals surface area contributed by atoms with Crippen LogP contribution in [0.1, 0.15) is 54.5 Å². The smallest absolute Gasteiger partial charge is 0.184 e. The summed E-state index contributed by atoms with van der Waals surface area (Å²) >= 11 is 0. The van der Waals surface area contributed by atoms with Crippen molar-refractivity contribution in [3.63, 3.8) is 0 Å². The number of aromatic amines is 1. The van der Waals surface area contributed by atoms with Crippen LogP contribution in [0.3, 0.4) is 0 Å². The zero-order chi connectivity index (χ0) is 17.2. The Balaban J connectivity index is 2.19. The molecule has 0 bridgehead atoms. The van der Waals surface area contributed by atoms with Gasteiger partial charge >= 0.3 is 0 Å². The number of hydrogen-bond donors (Lipinski definition) is 1. The molecule has 0 atom stereocenters. The molecule has 0 saturated carbocycles. The van der Waals surface area contributed by atoms with E-state index in [-0.39, 0.29) is 11.6 Å². The predicted octanol–water partition coefficient (Wildman–Crippen LogP) is 3.92. The van der Waals surface area contributed by atoms with Crippen LogP contribution >= 0.6 is 0 Å². The van der Waals surface area contributed by atoms with Crippen LogP contribution in [-0.4, -0.2) is 42.1 Å². The number of hydrogen-bond acceptors (Lipinski definition) is 3. The molecule has 0 fully saturated rings. The summed E-state index contributed by atoms with van der Waals surface area (Å²) in [7, 11) is 4.01. The SMILES string of the molecule is CN(C)CCCC(=O)c1ccc2[nH]c(C(=O)C(C)(C)C)cc2c1. The quantitative estimate of drug-likeness (QED) is 0.822. The Morgan fingerprint density at radius 1 is 1.13 bits per heavy atom. The second kappa shape index (κ2) is 6.67. The highest BCUT2D eigenvalue weighted by atomic mass is 16.1. The molecular weight excluding hydrogens is 288 g/mol. The van der Waals surface area contributed by atoms with Gasteiger partial charge in [-0.3, -0.25) is 9.59 Å². The number of aromatic nitrogens is 1. The maximum atomic E-state index is 12.4. The second-order valence-electron chi connectivity index (χ2n) is 7.39. The van der Waals surface area contributed by atoms with Gasteiger partial charge in [-0.15, -0.1) is 0 Å². The third kappa shape index (κ3) is 4.29. The summed E-state index contributed by atoms with van der Waals surface area (Å²) in [6, 6.07) is 7.44. The summed E-state index contributed by atoms with van der Waals surface area (Å²) in [5.74, 6) is 0.228. The highest BCUT2D eigenvalue weighted by molar-refractivity contribution is 6.04. The summed E-state index contributed by atoms with van der Waals surface area (Å²) in [6.45, 7) is 6.62. The first-order valence-corrected chi connectivity index (χ1v) is 8.04. The zero-order valence-electron chi connectivity index (χ0n) is 14.7. The van der Waals surface area contributed by atoms with E-state index < -0.39 is 5.41 Å². The standard InChI is InChI=1S/C19H26N2O2/c1-19(2,3)18(23)16-12-14-11-13(8-9-15(14)20-16)17(22)7-6-10-21(4)5/h8-9,11-12,20H,6-7,10H2,1-5H3. The lowest BCUT2D eigenvalue weighted by molar-refractivity contribution is 0.0853. The number of H-pyrrole nitrogens is 1. The third-order valence-corrected chi connectivity index (χ3v) is 3.88. The van der Waals surface area contributed by atoms with E-state index in [4.69, 9.17) is 0 Å². The number of ketones is 2. The first kappa shape index (κ1) is 17.4. The first-order valence-electron chi connectivity index (χ1n) is 8.04. The number of benzene rings is 1. The molecule has 1 heterocycles. The average Bonchev–Trinajstić information content (AvgIpc) is 2.87. The molecule has 1 N–H and O–H groups in total. The van der Waals surface area contributed by atoms with Crippen LogP contribution in [0.15, 0.2) is 24.3 Å². The molecule has 124 valence electrons. The van der Waals surface area contributed by atoms with Gasteiger partial charge in [0, 0.05) is 28.3 Å². The molecule has 1 aromatic carbocycles. The monoisotopic (exact) mass is 314 g/mol. The third-order valence-electron chi connectivity index (χ3n) is 3.88. The topological polar surface area (TPSA) is 53.2 Å². The van der Waals surface area contributed by atoms with Gasteiger partial charge in [-0.25, -0.2) is 0 Å². The Morgan fingerprint density at radius 3 is 2.43 bits per heavy atom. The molecule has 0 unspecified atom stereocenters. The minimum absolute atomic E-state index is 0.0764. The van der Waals surface area contributed by atoms with Gasteiger partial charge in [-0.1, -0.05) is 20.8 Å². The Labute approximate surface area is 137 Å². The summed E-state index contributed by atoms with van der Waals surface area (Å²) in [6.07, 6.45) is 1.40. The van der Waals surface area contributed by atoms with E-state index in [1.165, 1.54) is 0 Å². The molecule has 0 radical (unpaired) electrons. The van der Waals surface area contributed by atoms with Crippen molar-refractivity contribution in [1.82, 2.24) is 9.88 Å². The highest BCUT2D eigenvalue weighted by Crippen LogP contribution is 2.24. The van der Waals surface area contributed by atoms with Crippen LogP contribution < -0.4 is 0 Å². The second-order valence-corrected chi connectivity index (χ2v) is 7.39. The molecular formula is C19H26N2O2. The van der Waals surface area contributed by atoms with E-state index >= 15 is 0 Å². The van der Waals surface area contributed by atoms with Gasteiger partial charge in [-0.05, 0) is 51.3 Å². The Bertz CT molecular complexity index is 721. The molecule has 2 aromatic rings. The van der Waals surface area contributed by atoms with Crippen LogP contribution in [0, 0.1) is 5.41 Å². The fraction of sp³-hybridized carbons (Fsp3) is 0.474. The maximum Gasteiger partial charge on any atom is 0.184 e. The Kier molecular flexibility index (Phi) is 5.05. The van der Waals surface area contributed by atoms with Gasteiger partial charge in [0.1, 0.15) is 0 Å². The zero-order valence-corrected chi connectivity index (χ0v) is 14.7. The van der Waals surface area contributed by atoms with Crippen molar-refractivity contribution in [3.05, 3.63) is 35.5 Å². The summed E-state index contributed by atoms with van der Waals surface area (Å²) < 4.78 is 0. The minimum atomic E-state index is -0.425. The van der Waals surface area contributed by atoms with Crippen LogP contribution in [0.4, 0.5) is 0 Å². The maximum absolute atomic E-state index is 12.4. The lowest BCUT2D eigenvalue weighted by Gasteiger charge is -2.14. The van der Waals surface area contributed by atoms with Gasteiger partial charge < -0.3 is 9.88 Å². The molecule has 0 spiro atoms. The number of nitrogens with zero attached hydrogens (tertiary/aromatic N) is 1. The number of fused-ring (bicyclic) bond motifs is 1. The number of carbonyl (C=O) groups excluding carboxylic acids is 2. The van der Waals surface area contributed by atoms with E-state index in [1.54, 1.807) is 0 Å². The average molecular weight is 314 g/mol. The molecule has 0 aliphatic carbocycles. The number of nitrogens with one attached hydrogen (secondary N) is 1. The van der Waals surface area contributed by atoms with Crippen molar-refractivity contribution >= 4 is 22.5 Å². The van der Waals surface area contributed by atoms with Gasteiger partial charge in [0.05, 0.1) is 5.69 Å². The highest BCUT2D eigenvalue weighted by Gasteiger charge is 2.24. The molecule has 0 saturated heterocycles. The van der Waals surface area contributed by atoms with Crippen LogP contribution in [-0.2, 0) is 0 Å². The van der Waals surface area contributed by atoms with Crippen molar-refractivity contribution in [3.8, 4) is 0 Å². The molecule has 4 heteroatoms. The van der Waals surface area contributed by atoms with E-state index in [2.05, 4.69) is 9.88 Å². The number of rotatable bonds is 6. The van der Waals surface area contributed by atoms with Crippen LogP contribution in [0.2, 0.25) is 0 Å². The predicted molar refractivity (Wildman–Crippen MR) is 94.2 cm³/mol. The fourth-order valence-corrected chi connectivity index (χ4v) is 2.53. The normalized spacial score (nSPS) is 12.1. The number of carbonyl (C=O) groups is 2. The minimum Gasteiger partial charge on any atom is -0.352 e. The van der Waals surface area contributed by atoms with E-state index in [1.807, 2.05) is 59.1 Å². The van der Waals surface area contributed by atoms with E-state index in [9.17, 15) is 9.59 Å². The first-order chi connectivity index (χ1) is 10.7. The number of Topliss-reactive ketones (excluding diaryl/α,β-unsaturated/α-hetero) is 2. The lowest BCUT2D eigenvalue weighted by Crippen LogP contribution is -2.20. The Morgan fingerprint density at radius 2 is 1.83 bits per heavy atom. The van der Waals surface area contributed by atoms with Gasteiger partial charge in [0.15, 0.2) is 11.6 Å².